The van der Waals surface area contributed by atoms with Crippen LogP contribution in [0.2, 0.25) is 0 Å². The van der Waals surface area contributed by atoms with Crippen molar-refractivity contribution in [2.45, 2.75) is 26.2 Å². The molecule has 0 atom stereocenters. The molecule has 1 N–H and O–H groups in total. The van der Waals surface area contributed by atoms with Gasteiger partial charge in [-0.25, -0.2) is 0 Å². The molecule has 0 aliphatic carbocycles. The molecule has 0 unspecified atom stereocenters. The van der Waals surface area contributed by atoms with Gasteiger partial charge in [-0.05, 0) is 40.8 Å². The third-order valence-electron chi connectivity index (χ3n) is 4.53. The lowest BCUT2D eigenvalue weighted by atomic mass is 10.0. The molecule has 30 heavy (non-hydrogen) atoms. The third kappa shape index (κ3) is 5.47. The monoisotopic (exact) mass is 407 g/mol. The second-order valence-corrected chi connectivity index (χ2v) is 7.01. The van der Waals surface area contributed by atoms with Gasteiger partial charge in [0.25, 0.3) is 5.91 Å². The summed E-state index contributed by atoms with van der Waals surface area (Å²) in [6.07, 6.45) is 3.54. The molecule has 0 aliphatic rings. The number of rotatable bonds is 8. The lowest BCUT2D eigenvalue weighted by Gasteiger charge is -2.07. The molecule has 0 saturated carbocycles. The molecule has 2 aromatic carbocycles. The molecule has 3 aromatic rings. The smallest absolute Gasteiger partial charge is 0.322 e. The summed E-state index contributed by atoms with van der Waals surface area (Å²) in [6.45, 7) is 4.31. The number of hydrogen-bond donors (Lipinski definition) is 1. The van der Waals surface area contributed by atoms with Crippen molar-refractivity contribution in [1.82, 2.24) is 10.2 Å². The first-order valence-electron chi connectivity index (χ1n) is 9.60. The Balaban J connectivity index is 1.58. The lowest BCUT2D eigenvalue weighted by molar-refractivity contribution is -0.112. The highest BCUT2D eigenvalue weighted by Gasteiger charge is 2.10. The standard InChI is InChI=1S/C23H25N3O4/c1-15(2)18-9-5-17(6-10-18)14-22-25-26-23(30-22)24-21(27)12-8-16-7-11-19(28-3)20(13-16)29-4/h5-13,15H,14H2,1-4H3,(H,24,26,27). The average Bonchev–Trinajstić information content (AvgIpc) is 3.18. The number of nitrogens with one attached hydrogen (secondary N) is 1. The molecular formula is C23H25N3O4. The van der Waals surface area contributed by atoms with E-state index in [1.54, 1.807) is 32.4 Å². The van der Waals surface area contributed by atoms with Crippen molar-refractivity contribution < 1.29 is 18.7 Å². The summed E-state index contributed by atoms with van der Waals surface area (Å²) < 4.78 is 16.0. The van der Waals surface area contributed by atoms with E-state index in [2.05, 4.69) is 41.5 Å². The van der Waals surface area contributed by atoms with Crippen LogP contribution in [-0.2, 0) is 11.2 Å². The maximum Gasteiger partial charge on any atom is 0.322 e. The SMILES string of the molecule is COc1ccc(C=CC(=O)Nc2nnc(Cc3ccc(C(C)C)cc3)o2)cc1OC. The molecule has 0 spiro atoms. The molecule has 3 rings (SSSR count). The highest BCUT2D eigenvalue weighted by Crippen LogP contribution is 2.28. The quantitative estimate of drug-likeness (QED) is 0.555. The number of anilines is 1. The summed E-state index contributed by atoms with van der Waals surface area (Å²) in [5, 5.41) is 10.5. The summed E-state index contributed by atoms with van der Waals surface area (Å²) in [5.41, 5.74) is 3.13. The Hall–Kier alpha value is -3.61. The molecule has 0 fully saturated rings. The Morgan fingerprint density at radius 3 is 2.47 bits per heavy atom. The fraction of sp³-hybridized carbons (Fsp3) is 0.261. The maximum atomic E-state index is 12.2. The van der Waals surface area contributed by atoms with Crippen LogP contribution in [0.1, 0.15) is 42.3 Å². The number of hydrogen-bond acceptors (Lipinski definition) is 6. The molecule has 0 bridgehead atoms. The van der Waals surface area contributed by atoms with Gasteiger partial charge in [-0.2, -0.15) is 0 Å². The minimum atomic E-state index is -0.374. The van der Waals surface area contributed by atoms with Gasteiger partial charge in [-0.1, -0.05) is 49.3 Å². The van der Waals surface area contributed by atoms with E-state index in [1.165, 1.54) is 11.6 Å². The third-order valence-corrected chi connectivity index (χ3v) is 4.53. The lowest BCUT2D eigenvalue weighted by Crippen LogP contribution is -2.07. The van der Waals surface area contributed by atoms with Crippen molar-refractivity contribution >= 4 is 18.0 Å². The van der Waals surface area contributed by atoms with E-state index in [-0.39, 0.29) is 11.9 Å². The molecule has 1 amide bonds. The van der Waals surface area contributed by atoms with Crippen LogP contribution < -0.4 is 14.8 Å². The van der Waals surface area contributed by atoms with Crippen molar-refractivity contribution in [2.24, 2.45) is 0 Å². The molecular weight excluding hydrogens is 382 g/mol. The van der Waals surface area contributed by atoms with Crippen LogP contribution >= 0.6 is 0 Å². The van der Waals surface area contributed by atoms with Gasteiger partial charge in [0.1, 0.15) is 0 Å². The molecule has 7 heteroatoms. The van der Waals surface area contributed by atoms with E-state index in [1.807, 2.05) is 18.2 Å². The van der Waals surface area contributed by atoms with Crippen molar-refractivity contribution in [3.8, 4) is 11.5 Å². The van der Waals surface area contributed by atoms with Gasteiger partial charge in [0.05, 0.1) is 20.6 Å². The van der Waals surface area contributed by atoms with Gasteiger partial charge in [-0.3, -0.25) is 10.1 Å². The Bertz CT molecular complexity index is 1020. The van der Waals surface area contributed by atoms with Gasteiger partial charge in [0.2, 0.25) is 5.89 Å². The highest BCUT2D eigenvalue weighted by atomic mass is 16.5. The van der Waals surface area contributed by atoms with Crippen LogP contribution in [-0.4, -0.2) is 30.3 Å². The van der Waals surface area contributed by atoms with Crippen LogP contribution in [0.15, 0.2) is 53.0 Å². The molecule has 0 radical (unpaired) electrons. The summed E-state index contributed by atoms with van der Waals surface area (Å²) in [7, 11) is 3.13. The largest absolute Gasteiger partial charge is 0.493 e. The van der Waals surface area contributed by atoms with Gasteiger partial charge in [0, 0.05) is 6.08 Å². The zero-order chi connectivity index (χ0) is 21.5. The minimum absolute atomic E-state index is 0.0609. The van der Waals surface area contributed by atoms with E-state index in [4.69, 9.17) is 13.9 Å². The predicted octanol–water partition coefficient (Wildman–Crippen LogP) is 4.45. The fourth-order valence-electron chi connectivity index (χ4n) is 2.85. The average molecular weight is 407 g/mol. The number of benzene rings is 2. The predicted molar refractivity (Wildman–Crippen MR) is 115 cm³/mol. The van der Waals surface area contributed by atoms with Crippen molar-refractivity contribution in [3.63, 3.8) is 0 Å². The van der Waals surface area contributed by atoms with Crippen LogP contribution in [0, 0.1) is 0 Å². The highest BCUT2D eigenvalue weighted by molar-refractivity contribution is 6.00. The number of carbonyl (C=O) groups is 1. The Morgan fingerprint density at radius 2 is 1.80 bits per heavy atom. The van der Waals surface area contributed by atoms with E-state index in [9.17, 15) is 4.79 Å². The van der Waals surface area contributed by atoms with Crippen molar-refractivity contribution in [2.75, 3.05) is 19.5 Å². The number of ether oxygens (including phenoxy) is 2. The fourth-order valence-corrected chi connectivity index (χ4v) is 2.85. The van der Waals surface area contributed by atoms with E-state index in [0.29, 0.717) is 29.7 Å². The molecule has 0 aliphatic heterocycles. The van der Waals surface area contributed by atoms with Crippen LogP contribution in [0.25, 0.3) is 6.08 Å². The summed E-state index contributed by atoms with van der Waals surface area (Å²) in [6, 6.07) is 13.7. The number of nitrogens with zero attached hydrogens (tertiary/aromatic N) is 2. The first-order chi connectivity index (χ1) is 14.5. The normalized spacial score (nSPS) is 11.1. The molecule has 0 saturated heterocycles. The molecule has 1 heterocycles. The molecule has 1 aromatic heterocycles. The van der Waals surface area contributed by atoms with Gasteiger partial charge < -0.3 is 13.9 Å². The molecule has 156 valence electrons. The summed E-state index contributed by atoms with van der Waals surface area (Å²) in [5.74, 6) is 1.75. The van der Waals surface area contributed by atoms with E-state index < -0.39 is 0 Å². The van der Waals surface area contributed by atoms with E-state index >= 15 is 0 Å². The van der Waals surface area contributed by atoms with E-state index in [0.717, 1.165) is 11.1 Å². The minimum Gasteiger partial charge on any atom is -0.493 e. The summed E-state index contributed by atoms with van der Waals surface area (Å²) in [4.78, 5) is 12.2. The first-order valence-corrected chi connectivity index (χ1v) is 9.60. The topological polar surface area (TPSA) is 86.5 Å². The van der Waals surface area contributed by atoms with Gasteiger partial charge in [-0.15, -0.1) is 5.10 Å². The van der Waals surface area contributed by atoms with Crippen LogP contribution in [0.4, 0.5) is 6.01 Å². The van der Waals surface area contributed by atoms with Crippen LogP contribution in [0.5, 0.6) is 11.5 Å². The van der Waals surface area contributed by atoms with Crippen molar-refractivity contribution in [3.05, 3.63) is 71.1 Å². The zero-order valence-electron chi connectivity index (χ0n) is 17.5. The number of aromatic nitrogens is 2. The summed E-state index contributed by atoms with van der Waals surface area (Å²) >= 11 is 0. The molecule has 7 nitrogen and oxygen atoms in total. The second-order valence-electron chi connectivity index (χ2n) is 7.01. The van der Waals surface area contributed by atoms with Crippen LogP contribution in [0.3, 0.4) is 0 Å². The maximum absolute atomic E-state index is 12.2. The second kappa shape index (κ2) is 9.73. The Labute approximate surface area is 175 Å². The number of amides is 1. The first kappa shape index (κ1) is 21.1. The van der Waals surface area contributed by atoms with Gasteiger partial charge >= 0.3 is 6.01 Å². The van der Waals surface area contributed by atoms with Crippen molar-refractivity contribution in [1.29, 1.82) is 0 Å². The zero-order valence-corrected chi connectivity index (χ0v) is 17.5. The Morgan fingerprint density at radius 1 is 1.07 bits per heavy atom. The number of carbonyl (C=O) groups excluding carboxylic acids is 1. The van der Waals surface area contributed by atoms with Gasteiger partial charge in [0.15, 0.2) is 11.5 Å². The number of methoxy groups -OCH3 is 2. The Kier molecular flexibility index (Phi) is 6.85.